The van der Waals surface area contributed by atoms with Crippen LogP contribution in [0, 0.1) is 6.92 Å². The van der Waals surface area contributed by atoms with Crippen LogP contribution < -0.4 is 4.90 Å². The van der Waals surface area contributed by atoms with Gasteiger partial charge in [0.2, 0.25) is 0 Å². The number of nitrogens with zero attached hydrogens (tertiary/aromatic N) is 4. The lowest BCUT2D eigenvalue weighted by Crippen LogP contribution is -2.55. The highest BCUT2D eigenvalue weighted by molar-refractivity contribution is 7.18. The van der Waals surface area contributed by atoms with Crippen LogP contribution in [0.15, 0.2) is 11.7 Å². The normalized spacial score (nSPS) is 24.1. The first-order chi connectivity index (χ1) is 9.83. The van der Waals surface area contributed by atoms with Gasteiger partial charge in [-0.1, -0.05) is 6.42 Å². The molecule has 2 saturated heterocycles. The third-order valence-corrected chi connectivity index (χ3v) is 5.73. The van der Waals surface area contributed by atoms with E-state index in [1.807, 2.05) is 0 Å². The van der Waals surface area contributed by atoms with Gasteiger partial charge in [-0.15, -0.1) is 11.3 Å². The smallest absolute Gasteiger partial charge is 0.150 e. The Hall–Kier alpha value is -1.20. The van der Waals surface area contributed by atoms with Crippen molar-refractivity contribution in [2.45, 2.75) is 32.2 Å². The summed E-state index contributed by atoms with van der Waals surface area (Å²) in [5, 5.41) is 2.19. The number of rotatable bonds is 1. The number of aromatic nitrogens is 2. The SMILES string of the molecule is Cc1csc2c(N3CCN4CCCC[C@H]4C3)ncnc12. The maximum absolute atomic E-state index is 4.59. The molecule has 0 aliphatic carbocycles. The van der Waals surface area contributed by atoms with Gasteiger partial charge in [0.1, 0.15) is 12.1 Å². The van der Waals surface area contributed by atoms with E-state index in [1.54, 1.807) is 17.7 Å². The zero-order chi connectivity index (χ0) is 13.5. The van der Waals surface area contributed by atoms with E-state index in [0.717, 1.165) is 30.5 Å². The lowest BCUT2D eigenvalue weighted by atomic mass is 9.99. The van der Waals surface area contributed by atoms with Gasteiger partial charge in [0.05, 0.1) is 10.2 Å². The van der Waals surface area contributed by atoms with Crippen LogP contribution in [0.3, 0.4) is 0 Å². The molecule has 2 fully saturated rings. The summed E-state index contributed by atoms with van der Waals surface area (Å²) < 4.78 is 1.26. The summed E-state index contributed by atoms with van der Waals surface area (Å²) in [6.07, 6.45) is 5.82. The van der Waals surface area contributed by atoms with Crippen LogP contribution >= 0.6 is 11.3 Å². The highest BCUT2D eigenvalue weighted by Gasteiger charge is 2.30. The van der Waals surface area contributed by atoms with Crippen molar-refractivity contribution in [3.05, 3.63) is 17.3 Å². The largest absolute Gasteiger partial charge is 0.352 e. The number of hydrogen-bond acceptors (Lipinski definition) is 5. The molecule has 5 heteroatoms. The molecule has 0 amide bonds. The Labute approximate surface area is 123 Å². The second-order valence-corrected chi connectivity index (χ2v) is 6.80. The minimum Gasteiger partial charge on any atom is -0.352 e. The number of fused-ring (bicyclic) bond motifs is 2. The van der Waals surface area contributed by atoms with E-state index in [-0.39, 0.29) is 0 Å². The molecule has 2 aliphatic rings. The highest BCUT2D eigenvalue weighted by Crippen LogP contribution is 2.32. The summed E-state index contributed by atoms with van der Waals surface area (Å²) in [5.41, 5.74) is 2.40. The first-order valence-electron chi connectivity index (χ1n) is 7.51. The van der Waals surface area contributed by atoms with Gasteiger partial charge in [-0.05, 0) is 37.3 Å². The van der Waals surface area contributed by atoms with Crippen molar-refractivity contribution in [3.63, 3.8) is 0 Å². The average Bonchev–Trinajstić information content (AvgIpc) is 2.88. The van der Waals surface area contributed by atoms with Crippen LogP contribution in [-0.2, 0) is 0 Å². The second kappa shape index (κ2) is 4.97. The maximum Gasteiger partial charge on any atom is 0.150 e. The van der Waals surface area contributed by atoms with Crippen LogP contribution in [-0.4, -0.2) is 47.1 Å². The third kappa shape index (κ3) is 2.00. The maximum atomic E-state index is 4.59. The third-order valence-electron chi connectivity index (χ3n) is 4.65. The van der Waals surface area contributed by atoms with Crippen LogP contribution in [0.25, 0.3) is 10.2 Å². The molecule has 2 aliphatic heterocycles. The Balaban J connectivity index is 1.66. The predicted octanol–water partition coefficient (Wildman–Crippen LogP) is 2.67. The van der Waals surface area contributed by atoms with Crippen LogP contribution in [0.2, 0.25) is 0 Å². The molecule has 0 saturated carbocycles. The van der Waals surface area contributed by atoms with E-state index in [1.165, 1.54) is 42.6 Å². The van der Waals surface area contributed by atoms with Crippen LogP contribution in [0.4, 0.5) is 5.82 Å². The molecule has 0 spiro atoms. The first kappa shape index (κ1) is 12.5. The van der Waals surface area contributed by atoms with Crippen molar-refractivity contribution >= 4 is 27.4 Å². The minimum absolute atomic E-state index is 0.726. The number of aryl methyl sites for hydroxylation is 1. The van der Waals surface area contributed by atoms with Gasteiger partial charge in [0.25, 0.3) is 0 Å². The van der Waals surface area contributed by atoms with E-state index in [9.17, 15) is 0 Å². The van der Waals surface area contributed by atoms with Gasteiger partial charge in [-0.2, -0.15) is 0 Å². The molecule has 106 valence electrons. The summed E-state index contributed by atoms with van der Waals surface area (Å²) in [7, 11) is 0. The Morgan fingerprint density at radius 2 is 2.15 bits per heavy atom. The van der Waals surface area contributed by atoms with Crippen molar-refractivity contribution in [1.82, 2.24) is 14.9 Å². The zero-order valence-corrected chi connectivity index (χ0v) is 12.7. The standard InChI is InChI=1S/C15H20N4S/c1-11-9-20-14-13(11)16-10-17-15(14)19-7-6-18-5-3-2-4-12(18)8-19/h9-10,12H,2-8H2,1H3/t12-/m0/s1. The molecule has 4 rings (SSSR count). The van der Waals surface area contributed by atoms with Crippen molar-refractivity contribution in [2.75, 3.05) is 31.1 Å². The average molecular weight is 288 g/mol. The van der Waals surface area contributed by atoms with Crippen molar-refractivity contribution in [2.24, 2.45) is 0 Å². The molecule has 20 heavy (non-hydrogen) atoms. The highest BCUT2D eigenvalue weighted by atomic mass is 32.1. The number of piperazine rings is 1. The molecular formula is C15H20N4S. The van der Waals surface area contributed by atoms with E-state index < -0.39 is 0 Å². The number of thiophene rings is 1. The lowest BCUT2D eigenvalue weighted by molar-refractivity contribution is 0.133. The number of piperidine rings is 1. The first-order valence-corrected chi connectivity index (χ1v) is 8.38. The van der Waals surface area contributed by atoms with E-state index >= 15 is 0 Å². The summed E-state index contributed by atoms with van der Waals surface area (Å²) in [5.74, 6) is 1.15. The van der Waals surface area contributed by atoms with Crippen molar-refractivity contribution in [1.29, 1.82) is 0 Å². The number of anilines is 1. The topological polar surface area (TPSA) is 32.3 Å². The summed E-state index contributed by atoms with van der Waals surface area (Å²) in [6.45, 7) is 6.83. The molecule has 0 radical (unpaired) electrons. The molecule has 0 bridgehead atoms. The predicted molar refractivity (Wildman–Crippen MR) is 83.6 cm³/mol. The van der Waals surface area contributed by atoms with E-state index in [4.69, 9.17) is 0 Å². The quantitative estimate of drug-likeness (QED) is 0.807. The van der Waals surface area contributed by atoms with Crippen LogP contribution in [0.5, 0.6) is 0 Å². The molecule has 2 aromatic heterocycles. The molecule has 4 heterocycles. The fourth-order valence-corrected chi connectivity index (χ4v) is 4.55. The molecular weight excluding hydrogens is 268 g/mol. The number of hydrogen-bond donors (Lipinski definition) is 0. The lowest BCUT2D eigenvalue weighted by Gasteiger charge is -2.44. The molecule has 0 unspecified atom stereocenters. The Morgan fingerprint density at radius 1 is 1.20 bits per heavy atom. The van der Waals surface area contributed by atoms with Gasteiger partial charge in [-0.3, -0.25) is 4.90 Å². The molecule has 4 nitrogen and oxygen atoms in total. The summed E-state index contributed by atoms with van der Waals surface area (Å²) >= 11 is 1.78. The van der Waals surface area contributed by atoms with Crippen molar-refractivity contribution < 1.29 is 0 Å². The van der Waals surface area contributed by atoms with Gasteiger partial charge in [0, 0.05) is 25.7 Å². The summed E-state index contributed by atoms with van der Waals surface area (Å²) in [6, 6.07) is 0.726. The molecule has 2 aromatic rings. The minimum atomic E-state index is 0.726. The fourth-order valence-electron chi connectivity index (χ4n) is 3.53. The van der Waals surface area contributed by atoms with Crippen molar-refractivity contribution in [3.8, 4) is 0 Å². The molecule has 0 aromatic carbocycles. The zero-order valence-electron chi connectivity index (χ0n) is 11.9. The summed E-state index contributed by atoms with van der Waals surface area (Å²) in [4.78, 5) is 14.2. The van der Waals surface area contributed by atoms with Gasteiger partial charge in [-0.25, -0.2) is 9.97 Å². The molecule has 1 atom stereocenters. The van der Waals surface area contributed by atoms with E-state index in [0.29, 0.717) is 0 Å². The monoisotopic (exact) mass is 288 g/mol. The van der Waals surface area contributed by atoms with Gasteiger partial charge >= 0.3 is 0 Å². The second-order valence-electron chi connectivity index (χ2n) is 5.93. The van der Waals surface area contributed by atoms with Crippen LogP contribution in [0.1, 0.15) is 24.8 Å². The van der Waals surface area contributed by atoms with E-state index in [2.05, 4.69) is 32.1 Å². The molecule has 0 N–H and O–H groups in total. The Morgan fingerprint density at radius 3 is 3.10 bits per heavy atom. The fraction of sp³-hybridized carbons (Fsp3) is 0.600. The Bertz CT molecular complexity index is 623. The Kier molecular flexibility index (Phi) is 3.11. The van der Waals surface area contributed by atoms with Gasteiger partial charge in [0.15, 0.2) is 0 Å². The van der Waals surface area contributed by atoms with Gasteiger partial charge < -0.3 is 4.90 Å².